The van der Waals surface area contributed by atoms with Crippen molar-refractivity contribution in [1.82, 2.24) is 14.3 Å². The topological polar surface area (TPSA) is 48.8 Å². The van der Waals surface area contributed by atoms with E-state index in [1.807, 2.05) is 10.9 Å². The van der Waals surface area contributed by atoms with E-state index >= 15 is 0 Å². The minimum absolute atomic E-state index is 0.152. The van der Waals surface area contributed by atoms with E-state index in [0.29, 0.717) is 6.04 Å². The number of hydrogen-bond acceptors (Lipinski definition) is 2. The van der Waals surface area contributed by atoms with Crippen molar-refractivity contribution in [2.24, 2.45) is 5.73 Å². The molecule has 1 atom stereocenters. The van der Waals surface area contributed by atoms with E-state index in [-0.39, 0.29) is 6.04 Å². The molecule has 0 aliphatic rings. The predicted octanol–water partition coefficient (Wildman–Crippen LogP) is 3.11. The fourth-order valence-electron chi connectivity index (χ4n) is 2.19. The van der Waals surface area contributed by atoms with E-state index in [0.717, 1.165) is 25.1 Å². The second-order valence-electron chi connectivity index (χ2n) is 5.39. The van der Waals surface area contributed by atoms with Crippen molar-refractivity contribution in [1.29, 1.82) is 0 Å². The van der Waals surface area contributed by atoms with Gasteiger partial charge in [0.1, 0.15) is 0 Å². The van der Waals surface area contributed by atoms with Gasteiger partial charge in [0.15, 0.2) is 0 Å². The molecule has 0 spiro atoms. The van der Waals surface area contributed by atoms with Gasteiger partial charge in [0.05, 0.1) is 12.2 Å². The van der Waals surface area contributed by atoms with Crippen LogP contribution in [-0.4, -0.2) is 14.3 Å². The zero-order chi connectivity index (χ0) is 13.8. The highest BCUT2D eigenvalue weighted by molar-refractivity contribution is 5.16. The maximum atomic E-state index is 6.12. The maximum absolute atomic E-state index is 6.12. The molecule has 0 bridgehead atoms. The fourth-order valence-corrected chi connectivity index (χ4v) is 2.19. The minimum atomic E-state index is 0.152. The van der Waals surface area contributed by atoms with Crippen molar-refractivity contribution in [3.63, 3.8) is 0 Å². The van der Waals surface area contributed by atoms with Crippen LogP contribution < -0.4 is 5.73 Å². The molecule has 0 saturated heterocycles. The summed E-state index contributed by atoms with van der Waals surface area (Å²) in [5, 5.41) is 4.56. The highest BCUT2D eigenvalue weighted by Gasteiger charge is 2.07. The fraction of sp³-hybridized carbons (Fsp3) is 0.533. The molecular weight excluding hydrogens is 236 g/mol. The molecule has 0 radical (unpaired) electrons. The zero-order valence-corrected chi connectivity index (χ0v) is 12.1. The van der Waals surface area contributed by atoms with E-state index in [1.165, 1.54) is 5.56 Å². The van der Waals surface area contributed by atoms with Crippen molar-refractivity contribution < 1.29 is 0 Å². The summed E-state index contributed by atoms with van der Waals surface area (Å²) in [5.74, 6) is 0. The van der Waals surface area contributed by atoms with Crippen LogP contribution in [0.3, 0.4) is 0 Å². The molecule has 0 aliphatic heterocycles. The summed E-state index contributed by atoms with van der Waals surface area (Å²) in [7, 11) is 0. The van der Waals surface area contributed by atoms with Gasteiger partial charge in [0.25, 0.3) is 0 Å². The third kappa shape index (κ3) is 3.47. The number of hydrogen-bond donors (Lipinski definition) is 1. The Hall–Kier alpha value is -1.55. The minimum Gasteiger partial charge on any atom is -0.348 e. The van der Waals surface area contributed by atoms with Crippen molar-refractivity contribution in [2.45, 2.75) is 52.2 Å². The van der Waals surface area contributed by atoms with Gasteiger partial charge in [-0.05, 0) is 38.0 Å². The SMILES string of the molecule is CCCC(N)c1ccn(Cc2ccn(C(C)C)n2)c1. The quantitative estimate of drug-likeness (QED) is 0.867. The van der Waals surface area contributed by atoms with Crippen LogP contribution in [0.1, 0.15) is 57.0 Å². The molecule has 2 aromatic heterocycles. The van der Waals surface area contributed by atoms with Gasteiger partial charge >= 0.3 is 0 Å². The first kappa shape index (κ1) is 13.9. The number of nitrogens with zero attached hydrogens (tertiary/aromatic N) is 3. The Bertz CT molecular complexity index is 510. The van der Waals surface area contributed by atoms with E-state index < -0.39 is 0 Å². The number of aromatic nitrogens is 3. The molecule has 2 heterocycles. The number of nitrogens with two attached hydrogens (primary N) is 1. The Kier molecular flexibility index (Phi) is 4.43. The lowest BCUT2D eigenvalue weighted by atomic mass is 10.1. The van der Waals surface area contributed by atoms with Crippen LogP contribution in [0.15, 0.2) is 30.7 Å². The van der Waals surface area contributed by atoms with E-state index in [9.17, 15) is 0 Å². The average molecular weight is 260 g/mol. The van der Waals surface area contributed by atoms with Crippen molar-refractivity contribution in [3.05, 3.63) is 42.0 Å². The predicted molar refractivity (Wildman–Crippen MR) is 78.0 cm³/mol. The highest BCUT2D eigenvalue weighted by Crippen LogP contribution is 2.16. The average Bonchev–Trinajstić information content (AvgIpc) is 2.99. The van der Waals surface area contributed by atoms with Crippen LogP contribution in [0, 0.1) is 0 Å². The molecule has 19 heavy (non-hydrogen) atoms. The number of rotatable bonds is 6. The summed E-state index contributed by atoms with van der Waals surface area (Å²) in [4.78, 5) is 0. The van der Waals surface area contributed by atoms with Crippen LogP contribution in [0.4, 0.5) is 0 Å². The largest absolute Gasteiger partial charge is 0.348 e. The normalized spacial score (nSPS) is 13.1. The lowest BCUT2D eigenvalue weighted by molar-refractivity contribution is 0.523. The van der Waals surface area contributed by atoms with Gasteiger partial charge in [0.2, 0.25) is 0 Å². The molecule has 104 valence electrons. The molecule has 0 aliphatic carbocycles. The van der Waals surface area contributed by atoms with Gasteiger partial charge in [-0.1, -0.05) is 13.3 Å². The molecule has 4 heteroatoms. The molecular formula is C15H24N4. The Balaban J connectivity index is 2.02. The Morgan fingerprint density at radius 2 is 2.05 bits per heavy atom. The highest BCUT2D eigenvalue weighted by atomic mass is 15.3. The molecule has 0 saturated carbocycles. The first-order chi connectivity index (χ1) is 9.10. The Morgan fingerprint density at radius 1 is 1.26 bits per heavy atom. The third-order valence-corrected chi connectivity index (χ3v) is 3.34. The third-order valence-electron chi connectivity index (χ3n) is 3.34. The van der Waals surface area contributed by atoms with E-state index in [1.54, 1.807) is 0 Å². The standard InChI is InChI=1S/C15H24N4/c1-4-5-15(16)13-6-8-18(10-13)11-14-7-9-19(17-14)12(2)3/h6-10,12,15H,4-5,11,16H2,1-3H3. The molecule has 1 unspecified atom stereocenters. The molecule has 2 aromatic rings. The summed E-state index contributed by atoms with van der Waals surface area (Å²) >= 11 is 0. The lowest BCUT2D eigenvalue weighted by Crippen LogP contribution is -2.09. The molecule has 0 fully saturated rings. The monoisotopic (exact) mass is 260 g/mol. The molecule has 4 nitrogen and oxygen atoms in total. The van der Waals surface area contributed by atoms with E-state index in [2.05, 4.69) is 55.0 Å². The summed E-state index contributed by atoms with van der Waals surface area (Å²) < 4.78 is 4.14. The van der Waals surface area contributed by atoms with Crippen LogP contribution >= 0.6 is 0 Å². The second-order valence-corrected chi connectivity index (χ2v) is 5.39. The van der Waals surface area contributed by atoms with Gasteiger partial charge in [-0.25, -0.2) is 0 Å². The second kappa shape index (κ2) is 6.06. The van der Waals surface area contributed by atoms with Crippen molar-refractivity contribution in [3.8, 4) is 0 Å². The van der Waals surface area contributed by atoms with Crippen molar-refractivity contribution in [2.75, 3.05) is 0 Å². The van der Waals surface area contributed by atoms with Gasteiger partial charge in [-0.2, -0.15) is 5.10 Å². The molecule has 2 N–H and O–H groups in total. The summed E-state index contributed by atoms with van der Waals surface area (Å²) in [6.45, 7) is 7.23. The van der Waals surface area contributed by atoms with Crippen LogP contribution in [0.25, 0.3) is 0 Å². The van der Waals surface area contributed by atoms with Gasteiger partial charge in [-0.3, -0.25) is 4.68 Å². The smallest absolute Gasteiger partial charge is 0.0821 e. The zero-order valence-electron chi connectivity index (χ0n) is 12.1. The molecule has 0 amide bonds. The first-order valence-electron chi connectivity index (χ1n) is 7.05. The van der Waals surface area contributed by atoms with Crippen LogP contribution in [0.2, 0.25) is 0 Å². The van der Waals surface area contributed by atoms with Gasteiger partial charge in [-0.15, -0.1) is 0 Å². The summed E-state index contributed by atoms with van der Waals surface area (Å²) in [6.07, 6.45) is 8.40. The van der Waals surface area contributed by atoms with Gasteiger partial charge in [0, 0.05) is 30.7 Å². The first-order valence-corrected chi connectivity index (χ1v) is 7.05. The van der Waals surface area contributed by atoms with Crippen LogP contribution in [0.5, 0.6) is 0 Å². The van der Waals surface area contributed by atoms with E-state index in [4.69, 9.17) is 5.73 Å². The Morgan fingerprint density at radius 3 is 2.68 bits per heavy atom. The summed E-state index contributed by atoms with van der Waals surface area (Å²) in [5.41, 5.74) is 8.42. The molecule has 2 rings (SSSR count). The maximum Gasteiger partial charge on any atom is 0.0821 e. The summed E-state index contributed by atoms with van der Waals surface area (Å²) in [6, 6.07) is 4.75. The van der Waals surface area contributed by atoms with Gasteiger partial charge < -0.3 is 10.3 Å². The molecule has 0 aromatic carbocycles. The van der Waals surface area contributed by atoms with Crippen LogP contribution in [-0.2, 0) is 6.54 Å². The Labute approximate surface area is 115 Å². The van der Waals surface area contributed by atoms with Crippen molar-refractivity contribution >= 4 is 0 Å². The lowest BCUT2D eigenvalue weighted by Gasteiger charge is -2.07.